The predicted octanol–water partition coefficient (Wildman–Crippen LogP) is 2.45. The Morgan fingerprint density at radius 1 is 1.42 bits per heavy atom. The van der Waals surface area contributed by atoms with Gasteiger partial charge in [-0.25, -0.2) is 8.78 Å². The van der Waals surface area contributed by atoms with Crippen LogP contribution in [0.3, 0.4) is 0 Å². The molecule has 0 amide bonds. The first kappa shape index (κ1) is 14.4. The van der Waals surface area contributed by atoms with E-state index in [-0.39, 0.29) is 11.5 Å². The van der Waals surface area contributed by atoms with Crippen LogP contribution in [-0.2, 0) is 0 Å². The molecule has 0 aromatic heterocycles. The summed E-state index contributed by atoms with van der Waals surface area (Å²) in [6, 6.07) is 7.95. The fraction of sp³-hybridized carbons (Fsp3) is 0.250. The fourth-order valence-electron chi connectivity index (χ4n) is 1.20. The molecule has 0 aliphatic carbocycles. The van der Waals surface area contributed by atoms with Crippen LogP contribution in [-0.4, -0.2) is 18.7 Å². The maximum absolute atomic E-state index is 12.1. The number of nitrogens with one attached hydrogen (secondary N) is 1. The van der Waals surface area contributed by atoms with E-state index < -0.39 is 13.0 Å². The molecule has 1 aromatic carbocycles. The highest BCUT2D eigenvalue weighted by atomic mass is 19.3. The normalized spacial score (nSPS) is 9.37. The van der Waals surface area contributed by atoms with E-state index in [0.717, 1.165) is 5.56 Å². The lowest BCUT2D eigenvalue weighted by atomic mass is 10.2. The third-order valence-corrected chi connectivity index (χ3v) is 2.00. The van der Waals surface area contributed by atoms with Gasteiger partial charge >= 0.3 is 0 Å². The van der Waals surface area contributed by atoms with Gasteiger partial charge in [-0.05, 0) is 24.6 Å². The average molecular weight is 264 g/mol. The molecule has 5 nitrogen and oxygen atoms in total. The van der Waals surface area contributed by atoms with Gasteiger partial charge in [0.15, 0.2) is 0 Å². The van der Waals surface area contributed by atoms with E-state index in [0.29, 0.717) is 5.69 Å². The number of rotatable bonds is 5. The molecule has 0 unspecified atom stereocenters. The Labute approximate surface area is 108 Å². The topological polar surface area (TPSA) is 81.2 Å². The van der Waals surface area contributed by atoms with Crippen molar-refractivity contribution in [1.82, 2.24) is 0 Å². The van der Waals surface area contributed by atoms with E-state index in [9.17, 15) is 8.78 Å². The molecule has 0 aliphatic heterocycles. The molecule has 0 saturated carbocycles. The number of nitriles is 2. The van der Waals surface area contributed by atoms with Crippen molar-refractivity contribution in [1.29, 1.82) is 10.5 Å². The molecular weight excluding hydrogens is 254 g/mol. The zero-order valence-corrected chi connectivity index (χ0v) is 10.0. The van der Waals surface area contributed by atoms with Crippen molar-refractivity contribution in [2.24, 2.45) is 5.10 Å². The first-order chi connectivity index (χ1) is 9.06. The highest BCUT2D eigenvalue weighted by Gasteiger charge is 2.08. The first-order valence-corrected chi connectivity index (χ1v) is 5.22. The van der Waals surface area contributed by atoms with E-state index >= 15 is 0 Å². The summed E-state index contributed by atoms with van der Waals surface area (Å²) in [6.07, 6.45) is -2.59. The van der Waals surface area contributed by atoms with Gasteiger partial charge in [0.25, 0.3) is 6.43 Å². The van der Waals surface area contributed by atoms with Crippen molar-refractivity contribution in [3.8, 4) is 17.9 Å². The summed E-state index contributed by atoms with van der Waals surface area (Å²) < 4.78 is 29.1. The Bertz CT molecular complexity index is 542. The third-order valence-electron chi connectivity index (χ3n) is 2.00. The molecule has 1 rings (SSSR count). The number of hydrogen-bond acceptors (Lipinski definition) is 5. The van der Waals surface area contributed by atoms with Crippen molar-refractivity contribution in [2.75, 3.05) is 12.0 Å². The Balaban J connectivity index is 2.92. The Morgan fingerprint density at radius 2 is 2.11 bits per heavy atom. The highest BCUT2D eigenvalue weighted by Crippen LogP contribution is 2.26. The lowest BCUT2D eigenvalue weighted by molar-refractivity contribution is 0.0822. The molecule has 0 bridgehead atoms. The molecule has 0 fully saturated rings. The molecule has 0 radical (unpaired) electrons. The Hall–Kier alpha value is -2.67. The molecule has 19 heavy (non-hydrogen) atoms. The van der Waals surface area contributed by atoms with E-state index in [2.05, 4.69) is 10.5 Å². The summed E-state index contributed by atoms with van der Waals surface area (Å²) in [5, 5.41) is 20.6. The van der Waals surface area contributed by atoms with E-state index in [1.54, 1.807) is 31.2 Å². The minimum absolute atomic E-state index is 0.171. The van der Waals surface area contributed by atoms with Crippen LogP contribution in [0, 0.1) is 29.6 Å². The molecule has 0 saturated heterocycles. The van der Waals surface area contributed by atoms with Gasteiger partial charge in [-0.3, -0.25) is 5.43 Å². The third kappa shape index (κ3) is 4.60. The summed E-state index contributed by atoms with van der Waals surface area (Å²) in [4.78, 5) is 0. The molecule has 7 heteroatoms. The van der Waals surface area contributed by atoms with E-state index in [1.165, 1.54) is 6.07 Å². The first-order valence-electron chi connectivity index (χ1n) is 5.22. The minimum atomic E-state index is -2.59. The van der Waals surface area contributed by atoms with Gasteiger partial charge in [-0.2, -0.15) is 15.6 Å². The summed E-state index contributed by atoms with van der Waals surface area (Å²) in [5.41, 5.74) is 3.23. The molecule has 0 heterocycles. The molecule has 1 aromatic rings. The number of halogens is 2. The fourth-order valence-corrected chi connectivity index (χ4v) is 1.20. The SMILES string of the molecule is Cc1ccc(OCC(F)F)c(NN=C(C#N)C#N)c1. The van der Waals surface area contributed by atoms with Crippen LogP contribution in [0.5, 0.6) is 5.75 Å². The average Bonchev–Trinajstić information content (AvgIpc) is 2.38. The number of nitrogens with zero attached hydrogens (tertiary/aromatic N) is 3. The zero-order chi connectivity index (χ0) is 14.3. The van der Waals surface area contributed by atoms with Crippen molar-refractivity contribution in [3.63, 3.8) is 0 Å². The van der Waals surface area contributed by atoms with Gasteiger partial charge < -0.3 is 4.74 Å². The van der Waals surface area contributed by atoms with Gasteiger partial charge in [-0.1, -0.05) is 6.07 Å². The second kappa shape index (κ2) is 6.92. The molecule has 0 aliphatic rings. The monoisotopic (exact) mass is 264 g/mol. The molecule has 0 atom stereocenters. The quantitative estimate of drug-likeness (QED) is 0.654. The van der Waals surface area contributed by atoms with Crippen molar-refractivity contribution < 1.29 is 13.5 Å². The predicted molar refractivity (Wildman–Crippen MR) is 65.0 cm³/mol. The number of benzene rings is 1. The van der Waals surface area contributed by atoms with Crippen LogP contribution in [0.25, 0.3) is 0 Å². The van der Waals surface area contributed by atoms with Gasteiger partial charge in [0.1, 0.15) is 24.5 Å². The smallest absolute Gasteiger partial charge is 0.272 e. The van der Waals surface area contributed by atoms with Crippen LogP contribution in [0.1, 0.15) is 5.56 Å². The van der Waals surface area contributed by atoms with Crippen molar-refractivity contribution in [3.05, 3.63) is 23.8 Å². The standard InChI is InChI=1S/C12H10F2N4O/c1-8-2-3-11(19-7-12(13)14)10(4-8)18-17-9(5-15)6-16/h2-4,12,18H,7H2,1H3. The maximum atomic E-state index is 12.1. The minimum Gasteiger partial charge on any atom is -0.485 e. The number of alkyl halides is 2. The van der Waals surface area contributed by atoms with Gasteiger partial charge in [0.05, 0.1) is 5.69 Å². The van der Waals surface area contributed by atoms with Crippen molar-refractivity contribution in [2.45, 2.75) is 13.3 Å². The molecular formula is C12H10F2N4O. The number of hydrogen-bond donors (Lipinski definition) is 1. The van der Waals surface area contributed by atoms with Crippen LogP contribution >= 0.6 is 0 Å². The second-order valence-corrected chi connectivity index (χ2v) is 3.50. The maximum Gasteiger partial charge on any atom is 0.272 e. The Kier molecular flexibility index (Phi) is 5.24. The van der Waals surface area contributed by atoms with Crippen LogP contribution in [0.2, 0.25) is 0 Å². The van der Waals surface area contributed by atoms with E-state index in [1.807, 2.05) is 0 Å². The van der Waals surface area contributed by atoms with Gasteiger partial charge in [0.2, 0.25) is 5.71 Å². The summed E-state index contributed by atoms with van der Waals surface area (Å²) in [5.74, 6) is 0.171. The Morgan fingerprint density at radius 3 is 2.68 bits per heavy atom. The van der Waals surface area contributed by atoms with Crippen LogP contribution in [0.4, 0.5) is 14.5 Å². The summed E-state index contributed by atoms with van der Waals surface area (Å²) in [7, 11) is 0. The van der Waals surface area contributed by atoms with Gasteiger partial charge in [0, 0.05) is 0 Å². The zero-order valence-electron chi connectivity index (χ0n) is 10.0. The molecule has 98 valence electrons. The van der Waals surface area contributed by atoms with Crippen LogP contribution in [0.15, 0.2) is 23.3 Å². The number of aryl methyl sites for hydroxylation is 1. The van der Waals surface area contributed by atoms with Crippen molar-refractivity contribution >= 4 is 11.4 Å². The highest BCUT2D eigenvalue weighted by molar-refractivity contribution is 6.10. The number of ether oxygens (including phenoxy) is 1. The van der Waals surface area contributed by atoms with Crippen LogP contribution < -0.4 is 10.2 Å². The van der Waals surface area contributed by atoms with E-state index in [4.69, 9.17) is 15.3 Å². The summed E-state index contributed by atoms with van der Waals surface area (Å²) in [6.45, 7) is 1.05. The number of hydrazone groups is 1. The molecule has 1 N–H and O–H groups in total. The lowest BCUT2D eigenvalue weighted by Gasteiger charge is -2.11. The summed E-state index contributed by atoms with van der Waals surface area (Å²) >= 11 is 0. The van der Waals surface area contributed by atoms with Gasteiger partial charge in [-0.15, -0.1) is 0 Å². The lowest BCUT2D eigenvalue weighted by Crippen LogP contribution is -2.08. The largest absolute Gasteiger partial charge is 0.485 e. The number of anilines is 1. The molecule has 0 spiro atoms. The second-order valence-electron chi connectivity index (χ2n) is 3.50.